The highest BCUT2D eigenvalue weighted by Crippen LogP contribution is 2.24. The molecule has 0 aromatic heterocycles. The van der Waals surface area contributed by atoms with Gasteiger partial charge in [-0.3, -0.25) is 0 Å². The molecule has 118 valence electrons. The minimum Gasteiger partial charge on any atom is -0.489 e. The van der Waals surface area contributed by atoms with Gasteiger partial charge in [0.25, 0.3) is 0 Å². The van der Waals surface area contributed by atoms with Crippen LogP contribution in [0, 0.1) is 5.82 Å². The molecule has 0 amide bonds. The summed E-state index contributed by atoms with van der Waals surface area (Å²) in [7, 11) is 0. The molecule has 2 nitrogen and oxygen atoms in total. The largest absolute Gasteiger partial charge is 0.489 e. The zero-order valence-electron chi connectivity index (χ0n) is 12.7. The van der Waals surface area contributed by atoms with E-state index in [-0.39, 0.29) is 5.82 Å². The average Bonchev–Trinajstić information content (AvgIpc) is 2.52. The van der Waals surface area contributed by atoms with Crippen LogP contribution in [0.25, 0.3) is 0 Å². The van der Waals surface area contributed by atoms with E-state index in [4.69, 9.17) is 4.74 Å². The highest BCUT2D eigenvalue weighted by molar-refractivity contribution is 9.10. The van der Waals surface area contributed by atoms with Crippen molar-refractivity contribution in [1.29, 1.82) is 0 Å². The van der Waals surface area contributed by atoms with Gasteiger partial charge in [-0.1, -0.05) is 41.4 Å². The predicted octanol–water partition coefficient (Wildman–Crippen LogP) is 5.06. The zero-order chi connectivity index (χ0) is 15.8. The molecule has 4 heteroatoms. The van der Waals surface area contributed by atoms with Crippen molar-refractivity contribution in [2.45, 2.75) is 32.9 Å². The fourth-order valence-corrected chi connectivity index (χ4v) is 2.50. The standard InChI is InChI=1S/C18H21BrFNO/c1-2-3-10-21-12-15-11-16(19)6-9-18(15)22-13-14-4-7-17(20)8-5-14/h4-9,11,21H,2-3,10,12-13H2,1H3. The summed E-state index contributed by atoms with van der Waals surface area (Å²) in [6, 6.07) is 12.4. The van der Waals surface area contributed by atoms with Crippen molar-refractivity contribution < 1.29 is 9.13 Å². The van der Waals surface area contributed by atoms with E-state index < -0.39 is 0 Å². The first kappa shape index (κ1) is 17.0. The molecule has 0 saturated heterocycles. The Kier molecular flexibility index (Phi) is 6.87. The van der Waals surface area contributed by atoms with Gasteiger partial charge in [0.1, 0.15) is 18.2 Å². The van der Waals surface area contributed by atoms with Crippen LogP contribution >= 0.6 is 15.9 Å². The van der Waals surface area contributed by atoms with Gasteiger partial charge < -0.3 is 10.1 Å². The third kappa shape index (κ3) is 5.43. The maximum Gasteiger partial charge on any atom is 0.124 e. The number of hydrogen-bond acceptors (Lipinski definition) is 2. The minimum atomic E-state index is -0.229. The highest BCUT2D eigenvalue weighted by Gasteiger charge is 2.05. The van der Waals surface area contributed by atoms with Gasteiger partial charge in [0.2, 0.25) is 0 Å². The number of rotatable bonds is 8. The van der Waals surface area contributed by atoms with Gasteiger partial charge in [-0.2, -0.15) is 0 Å². The highest BCUT2D eigenvalue weighted by atomic mass is 79.9. The monoisotopic (exact) mass is 365 g/mol. The van der Waals surface area contributed by atoms with E-state index >= 15 is 0 Å². The number of ether oxygens (including phenoxy) is 1. The number of hydrogen-bond donors (Lipinski definition) is 1. The molecule has 0 aliphatic carbocycles. The van der Waals surface area contributed by atoms with Crippen LogP contribution in [0.3, 0.4) is 0 Å². The molecular weight excluding hydrogens is 345 g/mol. The second-order valence-electron chi connectivity index (χ2n) is 5.20. The summed E-state index contributed by atoms with van der Waals surface area (Å²) in [4.78, 5) is 0. The lowest BCUT2D eigenvalue weighted by molar-refractivity contribution is 0.302. The molecule has 22 heavy (non-hydrogen) atoms. The van der Waals surface area contributed by atoms with E-state index in [1.54, 1.807) is 12.1 Å². The Morgan fingerprint density at radius 2 is 1.91 bits per heavy atom. The van der Waals surface area contributed by atoms with Crippen molar-refractivity contribution in [2.75, 3.05) is 6.54 Å². The van der Waals surface area contributed by atoms with E-state index in [1.807, 2.05) is 12.1 Å². The molecule has 0 aliphatic rings. The van der Waals surface area contributed by atoms with Gasteiger partial charge in [0.15, 0.2) is 0 Å². The maximum atomic E-state index is 12.9. The first-order valence-corrected chi connectivity index (χ1v) is 8.34. The van der Waals surface area contributed by atoms with E-state index in [0.717, 1.165) is 34.4 Å². The summed E-state index contributed by atoms with van der Waals surface area (Å²) in [5.74, 6) is 0.629. The van der Waals surface area contributed by atoms with E-state index in [0.29, 0.717) is 6.61 Å². The van der Waals surface area contributed by atoms with Crippen molar-refractivity contribution in [3.8, 4) is 5.75 Å². The normalized spacial score (nSPS) is 10.7. The van der Waals surface area contributed by atoms with Crippen LogP contribution in [0.4, 0.5) is 4.39 Å². The summed E-state index contributed by atoms with van der Waals surface area (Å²) in [5, 5.41) is 3.43. The van der Waals surface area contributed by atoms with Crippen molar-refractivity contribution in [3.05, 3.63) is 63.9 Å². The molecule has 0 unspecified atom stereocenters. The van der Waals surface area contributed by atoms with Crippen LogP contribution in [0.15, 0.2) is 46.9 Å². The summed E-state index contributed by atoms with van der Waals surface area (Å²) >= 11 is 3.50. The molecule has 0 bridgehead atoms. The quantitative estimate of drug-likeness (QED) is 0.660. The molecule has 2 rings (SSSR count). The molecule has 0 fully saturated rings. The maximum absolute atomic E-state index is 12.9. The third-order valence-electron chi connectivity index (χ3n) is 3.35. The van der Waals surface area contributed by atoms with Gasteiger partial charge in [0.05, 0.1) is 0 Å². The zero-order valence-corrected chi connectivity index (χ0v) is 14.3. The Balaban J connectivity index is 1.98. The lowest BCUT2D eigenvalue weighted by Crippen LogP contribution is -2.15. The Morgan fingerprint density at radius 3 is 2.64 bits per heavy atom. The molecule has 0 atom stereocenters. The van der Waals surface area contributed by atoms with Crippen LogP contribution in [-0.2, 0) is 13.2 Å². The van der Waals surface area contributed by atoms with Crippen LogP contribution in [0.1, 0.15) is 30.9 Å². The molecule has 1 N–H and O–H groups in total. The van der Waals surface area contributed by atoms with Gasteiger partial charge in [-0.05, 0) is 48.9 Å². The number of nitrogens with one attached hydrogen (secondary N) is 1. The molecule has 2 aromatic carbocycles. The van der Waals surface area contributed by atoms with Gasteiger partial charge in [-0.25, -0.2) is 4.39 Å². The Morgan fingerprint density at radius 1 is 1.14 bits per heavy atom. The fraction of sp³-hybridized carbons (Fsp3) is 0.333. The first-order valence-electron chi connectivity index (χ1n) is 7.55. The summed E-state index contributed by atoms with van der Waals surface area (Å²) in [5.41, 5.74) is 2.07. The first-order chi connectivity index (χ1) is 10.7. The second kappa shape index (κ2) is 8.91. The summed E-state index contributed by atoms with van der Waals surface area (Å²) < 4.78 is 19.8. The molecule has 2 aromatic rings. The molecule has 0 saturated carbocycles. The Labute approximate surface area is 139 Å². The number of halogens is 2. The SMILES string of the molecule is CCCCNCc1cc(Br)ccc1OCc1ccc(F)cc1. The Hall–Kier alpha value is -1.39. The molecule has 0 heterocycles. The second-order valence-corrected chi connectivity index (χ2v) is 6.11. The molecule has 0 spiro atoms. The molecule has 0 radical (unpaired) electrons. The topological polar surface area (TPSA) is 21.3 Å². The summed E-state index contributed by atoms with van der Waals surface area (Å²) in [6.07, 6.45) is 2.35. The van der Waals surface area contributed by atoms with Crippen LogP contribution in [-0.4, -0.2) is 6.54 Å². The van der Waals surface area contributed by atoms with Gasteiger partial charge >= 0.3 is 0 Å². The smallest absolute Gasteiger partial charge is 0.124 e. The van der Waals surface area contributed by atoms with Gasteiger partial charge in [0, 0.05) is 16.6 Å². The van der Waals surface area contributed by atoms with Crippen LogP contribution in [0.2, 0.25) is 0 Å². The van der Waals surface area contributed by atoms with Gasteiger partial charge in [-0.15, -0.1) is 0 Å². The van der Waals surface area contributed by atoms with E-state index in [9.17, 15) is 4.39 Å². The fourth-order valence-electron chi connectivity index (χ4n) is 2.09. The minimum absolute atomic E-state index is 0.229. The van der Waals surface area contributed by atoms with Crippen molar-refractivity contribution in [3.63, 3.8) is 0 Å². The third-order valence-corrected chi connectivity index (χ3v) is 3.85. The van der Waals surface area contributed by atoms with Crippen molar-refractivity contribution >= 4 is 15.9 Å². The molecular formula is C18H21BrFNO. The average molecular weight is 366 g/mol. The van der Waals surface area contributed by atoms with Crippen molar-refractivity contribution in [1.82, 2.24) is 5.32 Å². The Bertz CT molecular complexity index is 586. The van der Waals surface area contributed by atoms with Crippen LogP contribution < -0.4 is 10.1 Å². The lowest BCUT2D eigenvalue weighted by Gasteiger charge is -2.13. The van der Waals surface area contributed by atoms with E-state index in [1.165, 1.54) is 25.0 Å². The summed E-state index contributed by atoms with van der Waals surface area (Å²) in [6.45, 7) is 4.39. The van der Waals surface area contributed by atoms with E-state index in [2.05, 4.69) is 34.2 Å². The van der Waals surface area contributed by atoms with Crippen LogP contribution in [0.5, 0.6) is 5.75 Å². The molecule has 0 aliphatic heterocycles. The number of benzene rings is 2. The number of unbranched alkanes of at least 4 members (excludes halogenated alkanes) is 1. The predicted molar refractivity (Wildman–Crippen MR) is 91.5 cm³/mol. The van der Waals surface area contributed by atoms with Crippen molar-refractivity contribution in [2.24, 2.45) is 0 Å². The lowest BCUT2D eigenvalue weighted by atomic mass is 10.2.